The van der Waals surface area contributed by atoms with E-state index in [0.717, 1.165) is 31.0 Å². The minimum Gasteiger partial charge on any atom is -0.380 e. The third kappa shape index (κ3) is 3.11. The molecule has 19 heavy (non-hydrogen) atoms. The number of nitrogens with one attached hydrogen (secondary N) is 1. The summed E-state index contributed by atoms with van der Waals surface area (Å²) in [6.07, 6.45) is 2.38. The second-order valence-electron chi connectivity index (χ2n) is 5.27. The van der Waals surface area contributed by atoms with Crippen LogP contribution in [-0.4, -0.2) is 24.2 Å². The first kappa shape index (κ1) is 12.6. The number of hydrogen-bond acceptors (Lipinski definition) is 3. The van der Waals surface area contributed by atoms with Gasteiger partial charge in [-0.05, 0) is 43.5 Å². The highest BCUT2D eigenvalue weighted by atomic mass is 16.5. The molecule has 1 unspecified atom stereocenters. The lowest BCUT2D eigenvalue weighted by Crippen LogP contribution is -2.36. The van der Waals surface area contributed by atoms with Crippen molar-refractivity contribution in [2.24, 2.45) is 0 Å². The van der Waals surface area contributed by atoms with E-state index in [0.29, 0.717) is 6.04 Å². The van der Waals surface area contributed by atoms with Crippen molar-refractivity contribution in [1.29, 1.82) is 0 Å². The molecular formula is C16H20N2O. The third-order valence-corrected chi connectivity index (χ3v) is 3.65. The van der Waals surface area contributed by atoms with Crippen LogP contribution in [0.3, 0.4) is 0 Å². The number of nitrogens with zero attached hydrogens (tertiary/aromatic N) is 1. The summed E-state index contributed by atoms with van der Waals surface area (Å²) < 4.78 is 5.48. The summed E-state index contributed by atoms with van der Waals surface area (Å²) in [7, 11) is 0. The predicted molar refractivity (Wildman–Crippen MR) is 77.2 cm³/mol. The van der Waals surface area contributed by atoms with Gasteiger partial charge in [0.1, 0.15) is 0 Å². The SMILES string of the molecule is Cc1ccc2cc(CNC3CCCOC3)ccc2n1. The van der Waals surface area contributed by atoms with E-state index in [9.17, 15) is 0 Å². The maximum absolute atomic E-state index is 5.48. The molecule has 1 aliphatic heterocycles. The summed E-state index contributed by atoms with van der Waals surface area (Å²) in [5.41, 5.74) is 3.45. The van der Waals surface area contributed by atoms with Crippen molar-refractivity contribution >= 4 is 10.9 Å². The lowest BCUT2D eigenvalue weighted by atomic mass is 10.1. The second-order valence-corrected chi connectivity index (χ2v) is 5.27. The van der Waals surface area contributed by atoms with Gasteiger partial charge in [-0.25, -0.2) is 0 Å². The van der Waals surface area contributed by atoms with E-state index < -0.39 is 0 Å². The predicted octanol–water partition coefficient (Wildman–Crippen LogP) is 2.81. The minimum atomic E-state index is 0.501. The zero-order valence-electron chi connectivity index (χ0n) is 11.4. The first-order valence-electron chi connectivity index (χ1n) is 6.99. The van der Waals surface area contributed by atoms with Crippen molar-refractivity contribution in [3.05, 3.63) is 41.6 Å². The molecule has 1 fully saturated rings. The first-order valence-corrected chi connectivity index (χ1v) is 6.99. The normalized spacial score (nSPS) is 19.7. The molecule has 100 valence electrons. The van der Waals surface area contributed by atoms with E-state index in [4.69, 9.17) is 4.74 Å². The quantitative estimate of drug-likeness (QED) is 0.917. The molecule has 0 spiro atoms. The van der Waals surface area contributed by atoms with Crippen molar-refractivity contribution < 1.29 is 4.74 Å². The van der Waals surface area contributed by atoms with Crippen molar-refractivity contribution in [2.75, 3.05) is 13.2 Å². The number of fused-ring (bicyclic) bond motifs is 1. The smallest absolute Gasteiger partial charge is 0.0705 e. The highest BCUT2D eigenvalue weighted by Gasteiger charge is 2.12. The number of benzene rings is 1. The molecule has 3 rings (SSSR count). The van der Waals surface area contributed by atoms with Gasteiger partial charge in [0.2, 0.25) is 0 Å². The molecule has 3 nitrogen and oxygen atoms in total. The van der Waals surface area contributed by atoms with Crippen LogP contribution in [0.4, 0.5) is 0 Å². The Hall–Kier alpha value is -1.45. The van der Waals surface area contributed by atoms with Crippen LogP contribution in [0.25, 0.3) is 10.9 Å². The standard InChI is InChI=1S/C16H20N2O/c1-12-4-6-14-9-13(5-7-16(14)18-12)10-17-15-3-2-8-19-11-15/h4-7,9,15,17H,2-3,8,10-11H2,1H3. The van der Waals surface area contributed by atoms with Gasteiger partial charge in [-0.3, -0.25) is 4.98 Å². The largest absolute Gasteiger partial charge is 0.380 e. The molecule has 0 radical (unpaired) electrons. The fourth-order valence-electron chi connectivity index (χ4n) is 2.55. The fourth-order valence-corrected chi connectivity index (χ4v) is 2.55. The van der Waals surface area contributed by atoms with Gasteiger partial charge in [0.05, 0.1) is 12.1 Å². The minimum absolute atomic E-state index is 0.501. The number of pyridine rings is 1. The molecule has 1 atom stereocenters. The van der Waals surface area contributed by atoms with Crippen molar-refractivity contribution in [3.63, 3.8) is 0 Å². The summed E-state index contributed by atoms with van der Waals surface area (Å²) in [6.45, 7) is 4.68. The van der Waals surface area contributed by atoms with Gasteiger partial charge in [0, 0.05) is 30.3 Å². The second kappa shape index (κ2) is 5.68. The molecule has 0 amide bonds. The molecular weight excluding hydrogens is 236 g/mol. The molecule has 3 heteroatoms. The van der Waals surface area contributed by atoms with Crippen LogP contribution in [0.5, 0.6) is 0 Å². The summed E-state index contributed by atoms with van der Waals surface area (Å²) in [5, 5.41) is 4.78. The molecule has 2 heterocycles. The topological polar surface area (TPSA) is 34.1 Å². The number of hydrogen-bond donors (Lipinski definition) is 1. The molecule has 1 N–H and O–H groups in total. The van der Waals surface area contributed by atoms with Gasteiger partial charge in [-0.1, -0.05) is 12.1 Å². The van der Waals surface area contributed by atoms with Crippen LogP contribution < -0.4 is 5.32 Å². The summed E-state index contributed by atoms with van der Waals surface area (Å²) in [6, 6.07) is 11.2. The Morgan fingerprint density at radius 1 is 1.32 bits per heavy atom. The van der Waals surface area contributed by atoms with Crippen LogP contribution in [-0.2, 0) is 11.3 Å². The lowest BCUT2D eigenvalue weighted by Gasteiger charge is -2.23. The molecule has 1 aromatic carbocycles. The molecule has 0 aliphatic carbocycles. The summed E-state index contributed by atoms with van der Waals surface area (Å²) in [4.78, 5) is 4.53. The van der Waals surface area contributed by atoms with Crippen LogP contribution in [0, 0.1) is 6.92 Å². The summed E-state index contributed by atoms with van der Waals surface area (Å²) >= 11 is 0. The molecule has 2 aromatic rings. The molecule has 0 bridgehead atoms. The number of ether oxygens (including phenoxy) is 1. The lowest BCUT2D eigenvalue weighted by molar-refractivity contribution is 0.0699. The Morgan fingerprint density at radius 3 is 3.11 bits per heavy atom. The van der Waals surface area contributed by atoms with E-state index in [1.807, 2.05) is 6.92 Å². The average molecular weight is 256 g/mol. The highest BCUT2D eigenvalue weighted by molar-refractivity contribution is 5.79. The zero-order chi connectivity index (χ0) is 13.1. The van der Waals surface area contributed by atoms with E-state index >= 15 is 0 Å². The van der Waals surface area contributed by atoms with Crippen LogP contribution in [0.1, 0.15) is 24.1 Å². The number of aromatic nitrogens is 1. The van der Waals surface area contributed by atoms with E-state index in [2.05, 4.69) is 40.6 Å². The Labute approximate surface area is 114 Å². The average Bonchev–Trinajstić information content (AvgIpc) is 2.46. The first-order chi connectivity index (χ1) is 9.31. The van der Waals surface area contributed by atoms with Gasteiger partial charge in [-0.15, -0.1) is 0 Å². The van der Waals surface area contributed by atoms with E-state index in [-0.39, 0.29) is 0 Å². The molecule has 1 aromatic heterocycles. The molecule has 0 saturated carbocycles. The van der Waals surface area contributed by atoms with Crippen LogP contribution in [0.15, 0.2) is 30.3 Å². The maximum Gasteiger partial charge on any atom is 0.0705 e. The highest BCUT2D eigenvalue weighted by Crippen LogP contribution is 2.15. The Bertz CT molecular complexity index is 562. The fraction of sp³-hybridized carbons (Fsp3) is 0.438. The molecule has 1 aliphatic rings. The van der Waals surface area contributed by atoms with Gasteiger partial charge < -0.3 is 10.1 Å². The van der Waals surface area contributed by atoms with Crippen LogP contribution >= 0.6 is 0 Å². The Balaban J connectivity index is 1.69. The zero-order valence-corrected chi connectivity index (χ0v) is 11.4. The van der Waals surface area contributed by atoms with Crippen molar-refractivity contribution in [2.45, 2.75) is 32.4 Å². The number of aryl methyl sites for hydroxylation is 1. The Morgan fingerprint density at radius 2 is 2.26 bits per heavy atom. The monoisotopic (exact) mass is 256 g/mol. The van der Waals surface area contributed by atoms with Gasteiger partial charge in [-0.2, -0.15) is 0 Å². The maximum atomic E-state index is 5.48. The van der Waals surface area contributed by atoms with Gasteiger partial charge >= 0.3 is 0 Å². The Kier molecular flexibility index (Phi) is 3.76. The summed E-state index contributed by atoms with van der Waals surface area (Å²) in [5.74, 6) is 0. The number of rotatable bonds is 3. The van der Waals surface area contributed by atoms with Gasteiger partial charge in [0.25, 0.3) is 0 Å². The van der Waals surface area contributed by atoms with Crippen LogP contribution in [0.2, 0.25) is 0 Å². The van der Waals surface area contributed by atoms with Crippen molar-refractivity contribution in [3.8, 4) is 0 Å². The van der Waals surface area contributed by atoms with Crippen molar-refractivity contribution in [1.82, 2.24) is 10.3 Å². The molecule has 1 saturated heterocycles. The van der Waals surface area contributed by atoms with E-state index in [1.54, 1.807) is 0 Å². The third-order valence-electron chi connectivity index (χ3n) is 3.65. The van der Waals surface area contributed by atoms with Gasteiger partial charge in [0.15, 0.2) is 0 Å². The van der Waals surface area contributed by atoms with E-state index in [1.165, 1.54) is 23.8 Å².